The molecule has 0 radical (unpaired) electrons. The van der Waals surface area contributed by atoms with Gasteiger partial charge in [-0.3, -0.25) is 4.72 Å². The molecule has 0 aliphatic carbocycles. The van der Waals surface area contributed by atoms with Crippen molar-refractivity contribution < 1.29 is 8.42 Å². The van der Waals surface area contributed by atoms with Crippen molar-refractivity contribution in [1.29, 1.82) is 0 Å². The molecule has 4 nitrogen and oxygen atoms in total. The molecule has 0 atom stereocenters. The van der Waals surface area contributed by atoms with Gasteiger partial charge in [0.2, 0.25) is 0 Å². The van der Waals surface area contributed by atoms with Crippen molar-refractivity contribution in [2.45, 2.75) is 17.6 Å². The minimum Gasteiger partial charge on any atom is -0.385 e. The van der Waals surface area contributed by atoms with Crippen molar-refractivity contribution in [3.8, 4) is 0 Å². The monoisotopic (exact) mass is 374 g/mol. The maximum atomic E-state index is 12.1. The molecule has 0 aliphatic rings. The van der Waals surface area contributed by atoms with E-state index >= 15 is 0 Å². The second-order valence-corrected chi connectivity index (χ2v) is 8.54. The van der Waals surface area contributed by atoms with Crippen molar-refractivity contribution in [3.05, 3.63) is 40.2 Å². The molecule has 0 amide bonds. The number of anilines is 2. The van der Waals surface area contributed by atoms with Gasteiger partial charge in [0.05, 0.1) is 3.79 Å². The van der Waals surface area contributed by atoms with E-state index in [0.717, 1.165) is 22.4 Å². The molecule has 0 bridgehead atoms. The molecule has 1 aromatic heterocycles. The Labute approximate surface area is 131 Å². The van der Waals surface area contributed by atoms with Gasteiger partial charge in [-0.25, -0.2) is 8.42 Å². The first kappa shape index (κ1) is 15.3. The Kier molecular flexibility index (Phi) is 5.06. The first-order chi connectivity index (χ1) is 9.51. The van der Waals surface area contributed by atoms with Crippen LogP contribution in [0, 0.1) is 0 Å². The second-order valence-electron chi connectivity index (χ2n) is 4.17. The summed E-state index contributed by atoms with van der Waals surface area (Å²) in [5.74, 6) is 0. The van der Waals surface area contributed by atoms with Gasteiger partial charge < -0.3 is 5.32 Å². The minimum atomic E-state index is -3.50. The molecule has 1 heterocycles. The Bertz CT molecular complexity index is 666. The third-order valence-electron chi connectivity index (χ3n) is 2.53. The number of halogens is 1. The summed E-state index contributed by atoms with van der Waals surface area (Å²) in [5.41, 5.74) is 1.53. The highest BCUT2D eigenvalue weighted by atomic mass is 79.9. The van der Waals surface area contributed by atoms with Crippen LogP contribution in [-0.4, -0.2) is 15.0 Å². The molecule has 1 aromatic carbocycles. The predicted octanol–water partition coefficient (Wildman–Crippen LogP) is 4.13. The molecule has 108 valence electrons. The first-order valence-corrected chi connectivity index (χ1v) is 9.22. The summed E-state index contributed by atoms with van der Waals surface area (Å²) in [6.45, 7) is 2.99. The van der Waals surface area contributed by atoms with E-state index in [-0.39, 0.29) is 4.21 Å². The van der Waals surface area contributed by atoms with Crippen LogP contribution in [0.15, 0.2) is 44.4 Å². The van der Waals surface area contributed by atoms with Crippen LogP contribution in [0.2, 0.25) is 0 Å². The second kappa shape index (κ2) is 6.60. The van der Waals surface area contributed by atoms with E-state index in [9.17, 15) is 8.42 Å². The molecular weight excluding hydrogens is 360 g/mol. The lowest BCUT2D eigenvalue weighted by atomic mass is 10.3. The van der Waals surface area contributed by atoms with Gasteiger partial charge in [0.15, 0.2) is 0 Å². The van der Waals surface area contributed by atoms with Gasteiger partial charge in [0, 0.05) is 17.9 Å². The van der Waals surface area contributed by atoms with Gasteiger partial charge in [-0.1, -0.05) is 6.92 Å². The number of sulfonamides is 1. The minimum absolute atomic E-state index is 0.289. The molecule has 20 heavy (non-hydrogen) atoms. The largest absolute Gasteiger partial charge is 0.385 e. The van der Waals surface area contributed by atoms with Gasteiger partial charge in [0.25, 0.3) is 10.0 Å². The Hall–Kier alpha value is -1.05. The van der Waals surface area contributed by atoms with Crippen LogP contribution in [0.25, 0.3) is 0 Å². The van der Waals surface area contributed by atoms with Gasteiger partial charge in [0.1, 0.15) is 4.21 Å². The maximum absolute atomic E-state index is 12.1. The van der Waals surface area contributed by atoms with E-state index in [0.29, 0.717) is 5.69 Å². The lowest BCUT2D eigenvalue weighted by Gasteiger charge is -2.08. The lowest BCUT2D eigenvalue weighted by molar-refractivity contribution is 0.603. The van der Waals surface area contributed by atoms with Crippen molar-refractivity contribution in [2.24, 2.45) is 0 Å². The molecule has 0 spiro atoms. The van der Waals surface area contributed by atoms with E-state index in [1.54, 1.807) is 24.3 Å². The molecule has 0 aliphatic heterocycles. The summed E-state index contributed by atoms with van der Waals surface area (Å²) >= 11 is 4.44. The number of thiophene rings is 1. The molecule has 0 saturated carbocycles. The van der Waals surface area contributed by atoms with Crippen LogP contribution in [0.5, 0.6) is 0 Å². The zero-order chi connectivity index (χ0) is 14.6. The molecule has 7 heteroatoms. The fraction of sp³-hybridized carbons (Fsp3) is 0.231. The average molecular weight is 375 g/mol. The maximum Gasteiger partial charge on any atom is 0.271 e. The SMILES string of the molecule is CCCNc1ccc(NS(=O)(=O)c2ccc(Br)s2)cc1. The number of nitrogens with one attached hydrogen (secondary N) is 2. The van der Waals surface area contributed by atoms with Gasteiger partial charge in [-0.05, 0) is 58.7 Å². The Balaban J connectivity index is 2.09. The number of benzene rings is 1. The highest BCUT2D eigenvalue weighted by Crippen LogP contribution is 2.27. The van der Waals surface area contributed by atoms with Crippen LogP contribution in [0.3, 0.4) is 0 Å². The summed E-state index contributed by atoms with van der Waals surface area (Å²) in [6, 6.07) is 10.5. The van der Waals surface area contributed by atoms with E-state index in [4.69, 9.17) is 0 Å². The van der Waals surface area contributed by atoms with Crippen LogP contribution < -0.4 is 10.0 Å². The summed E-state index contributed by atoms with van der Waals surface area (Å²) in [7, 11) is -3.50. The average Bonchev–Trinajstić information content (AvgIpc) is 2.85. The molecule has 2 N–H and O–H groups in total. The summed E-state index contributed by atoms with van der Waals surface area (Å²) in [4.78, 5) is 0. The lowest BCUT2D eigenvalue weighted by Crippen LogP contribution is -2.11. The van der Waals surface area contributed by atoms with Crippen molar-refractivity contribution >= 4 is 48.7 Å². The molecular formula is C13H15BrN2O2S2. The highest BCUT2D eigenvalue weighted by molar-refractivity contribution is 9.11. The smallest absolute Gasteiger partial charge is 0.271 e. The Morgan fingerprint density at radius 1 is 1.10 bits per heavy atom. The fourth-order valence-corrected chi connectivity index (χ4v) is 4.64. The van der Waals surface area contributed by atoms with E-state index in [1.165, 1.54) is 11.3 Å². The molecule has 0 unspecified atom stereocenters. The molecule has 2 rings (SSSR count). The van der Waals surface area contributed by atoms with E-state index in [2.05, 4.69) is 32.9 Å². The number of hydrogen-bond acceptors (Lipinski definition) is 4. The fourth-order valence-electron chi connectivity index (χ4n) is 1.57. The third kappa shape index (κ3) is 3.97. The predicted molar refractivity (Wildman–Crippen MR) is 88.1 cm³/mol. The zero-order valence-electron chi connectivity index (χ0n) is 10.9. The summed E-state index contributed by atoms with van der Waals surface area (Å²) in [6.07, 6.45) is 1.04. The number of rotatable bonds is 6. The van der Waals surface area contributed by atoms with Crippen LogP contribution in [0.4, 0.5) is 11.4 Å². The van der Waals surface area contributed by atoms with Crippen molar-refractivity contribution in [1.82, 2.24) is 0 Å². The number of hydrogen-bond donors (Lipinski definition) is 2. The van der Waals surface area contributed by atoms with Crippen LogP contribution >= 0.6 is 27.3 Å². The van der Waals surface area contributed by atoms with Crippen molar-refractivity contribution in [3.63, 3.8) is 0 Å². The van der Waals surface area contributed by atoms with Gasteiger partial charge >= 0.3 is 0 Å². The highest BCUT2D eigenvalue weighted by Gasteiger charge is 2.16. The summed E-state index contributed by atoms with van der Waals surface area (Å²) in [5, 5.41) is 3.24. The first-order valence-electron chi connectivity index (χ1n) is 6.13. The zero-order valence-corrected chi connectivity index (χ0v) is 14.1. The molecule has 0 saturated heterocycles. The van der Waals surface area contributed by atoms with Crippen LogP contribution in [-0.2, 0) is 10.0 Å². The normalized spacial score (nSPS) is 11.3. The van der Waals surface area contributed by atoms with Gasteiger partial charge in [-0.15, -0.1) is 11.3 Å². The quantitative estimate of drug-likeness (QED) is 0.798. The third-order valence-corrected chi connectivity index (χ3v) is 6.03. The molecule has 2 aromatic rings. The standard InChI is InChI=1S/C13H15BrN2O2S2/c1-2-9-15-10-3-5-11(6-4-10)16-20(17,18)13-8-7-12(14)19-13/h3-8,15-16H,2,9H2,1H3. The topological polar surface area (TPSA) is 58.2 Å². The summed E-state index contributed by atoms with van der Waals surface area (Å²) < 4.78 is 27.9. The molecule has 0 fully saturated rings. The van der Waals surface area contributed by atoms with Crippen LogP contribution in [0.1, 0.15) is 13.3 Å². The van der Waals surface area contributed by atoms with E-state index in [1.807, 2.05) is 12.1 Å². The Morgan fingerprint density at radius 2 is 1.75 bits per heavy atom. The Morgan fingerprint density at radius 3 is 2.30 bits per heavy atom. The van der Waals surface area contributed by atoms with Gasteiger partial charge in [-0.2, -0.15) is 0 Å². The van der Waals surface area contributed by atoms with E-state index < -0.39 is 10.0 Å². The van der Waals surface area contributed by atoms with Crippen molar-refractivity contribution in [2.75, 3.05) is 16.6 Å².